The third kappa shape index (κ3) is 6.04. The zero-order valence-electron chi connectivity index (χ0n) is 22.6. The first kappa shape index (κ1) is 26.9. The molecule has 0 spiro atoms. The molecule has 2 aromatic rings. The van der Waals surface area contributed by atoms with E-state index in [1.54, 1.807) is 0 Å². The van der Waals surface area contributed by atoms with Crippen molar-refractivity contribution in [3.8, 4) is 0 Å². The van der Waals surface area contributed by atoms with Crippen molar-refractivity contribution in [2.75, 3.05) is 38.6 Å². The molecular formula is C30H40N4O3. The zero-order valence-corrected chi connectivity index (χ0v) is 22.6. The van der Waals surface area contributed by atoms with E-state index in [9.17, 15) is 14.4 Å². The van der Waals surface area contributed by atoms with E-state index in [2.05, 4.69) is 5.32 Å². The summed E-state index contributed by atoms with van der Waals surface area (Å²) < 4.78 is 0. The minimum Gasteiger partial charge on any atom is -0.344 e. The number of nitrogens with zero attached hydrogens (tertiary/aromatic N) is 3. The maximum Gasteiger partial charge on any atom is 0.245 e. The molecule has 1 N–H and O–H groups in total. The smallest absolute Gasteiger partial charge is 0.245 e. The largest absolute Gasteiger partial charge is 0.344 e. The van der Waals surface area contributed by atoms with E-state index in [1.807, 2.05) is 97.2 Å². The Hall–Kier alpha value is -3.19. The molecule has 0 aromatic heterocycles. The number of nitrogens with one attached hydrogen (secondary N) is 1. The van der Waals surface area contributed by atoms with Gasteiger partial charge in [-0.1, -0.05) is 48.5 Å². The molecule has 1 fully saturated rings. The van der Waals surface area contributed by atoms with Gasteiger partial charge in [0.1, 0.15) is 6.04 Å². The molecule has 7 nitrogen and oxygen atoms in total. The van der Waals surface area contributed by atoms with Gasteiger partial charge in [0.2, 0.25) is 17.7 Å². The van der Waals surface area contributed by atoms with Gasteiger partial charge in [0.15, 0.2) is 0 Å². The second kappa shape index (κ2) is 11.5. The highest BCUT2D eigenvalue weighted by molar-refractivity contribution is 6.08. The summed E-state index contributed by atoms with van der Waals surface area (Å²) in [4.78, 5) is 45.4. The number of carbonyl (C=O) groups is 3. The second-order valence-corrected chi connectivity index (χ2v) is 11.1. The van der Waals surface area contributed by atoms with Crippen LogP contribution in [0.25, 0.3) is 0 Å². The minimum atomic E-state index is -0.556. The molecule has 0 bridgehead atoms. The summed E-state index contributed by atoms with van der Waals surface area (Å²) in [7, 11) is 3.86. The van der Waals surface area contributed by atoms with Gasteiger partial charge in [0, 0.05) is 37.8 Å². The molecule has 0 aliphatic carbocycles. The standard InChI is InChI=1S/C30H40N4O3/c1-30(2)24-12-8-9-13-26(24)34(29(30)37)23-16-20-33(21-17-23)28(36)25(31-27(35)18-19-32(3)4)15-14-22-10-6-5-7-11-22/h5-13,23,25H,14-21H2,1-4H3,(H,31,35). The number of aryl methyl sites for hydroxylation is 1. The fraction of sp³-hybridized carbons (Fsp3) is 0.500. The van der Waals surface area contributed by atoms with Gasteiger partial charge in [-0.15, -0.1) is 0 Å². The molecular weight excluding hydrogens is 464 g/mol. The first-order valence-electron chi connectivity index (χ1n) is 13.4. The maximum absolute atomic E-state index is 13.6. The number of hydrogen-bond donors (Lipinski definition) is 1. The van der Waals surface area contributed by atoms with Crippen LogP contribution in [0.1, 0.15) is 50.7 Å². The van der Waals surface area contributed by atoms with Crippen LogP contribution in [-0.4, -0.2) is 73.3 Å². The van der Waals surface area contributed by atoms with Gasteiger partial charge in [-0.3, -0.25) is 14.4 Å². The molecule has 2 aliphatic heterocycles. The lowest BCUT2D eigenvalue weighted by Gasteiger charge is -2.38. The van der Waals surface area contributed by atoms with Gasteiger partial charge in [-0.2, -0.15) is 0 Å². The Morgan fingerprint density at radius 3 is 2.35 bits per heavy atom. The highest BCUT2D eigenvalue weighted by Crippen LogP contribution is 2.43. The van der Waals surface area contributed by atoms with Gasteiger partial charge in [-0.05, 0) is 70.8 Å². The van der Waals surface area contributed by atoms with Gasteiger partial charge >= 0.3 is 0 Å². The molecule has 198 valence electrons. The Labute approximate surface area is 220 Å². The Bertz CT molecular complexity index is 1110. The SMILES string of the molecule is CN(C)CCC(=O)NC(CCc1ccccc1)C(=O)N1CCC(N2C(=O)C(C)(C)c3ccccc32)CC1. The number of carbonyl (C=O) groups excluding carboxylic acids is 3. The molecule has 1 saturated heterocycles. The van der Waals surface area contributed by atoms with Crippen molar-refractivity contribution in [3.05, 3.63) is 65.7 Å². The summed E-state index contributed by atoms with van der Waals surface area (Å²) in [5.74, 6) is 0.00457. The van der Waals surface area contributed by atoms with Gasteiger partial charge < -0.3 is 20.0 Å². The number of anilines is 1. The number of benzene rings is 2. The number of piperidine rings is 1. The summed E-state index contributed by atoms with van der Waals surface area (Å²) in [6.07, 6.45) is 3.08. The molecule has 1 atom stereocenters. The average molecular weight is 505 g/mol. The van der Waals surface area contributed by atoms with E-state index in [0.29, 0.717) is 32.5 Å². The number of amides is 3. The van der Waals surface area contributed by atoms with Crippen LogP contribution in [0.5, 0.6) is 0 Å². The van der Waals surface area contributed by atoms with E-state index in [-0.39, 0.29) is 23.8 Å². The van der Waals surface area contributed by atoms with Gasteiger partial charge in [-0.25, -0.2) is 0 Å². The lowest BCUT2D eigenvalue weighted by molar-refractivity contribution is -0.137. The molecule has 1 unspecified atom stereocenters. The predicted octanol–water partition coefficient (Wildman–Crippen LogP) is 3.37. The fourth-order valence-corrected chi connectivity index (χ4v) is 5.47. The monoisotopic (exact) mass is 504 g/mol. The molecule has 4 rings (SSSR count). The van der Waals surface area contributed by atoms with Crippen molar-refractivity contribution in [2.45, 2.75) is 63.5 Å². The van der Waals surface area contributed by atoms with Gasteiger partial charge in [0.25, 0.3) is 0 Å². The van der Waals surface area contributed by atoms with E-state index in [0.717, 1.165) is 36.1 Å². The van der Waals surface area contributed by atoms with E-state index >= 15 is 0 Å². The minimum absolute atomic E-state index is 0.0268. The summed E-state index contributed by atoms with van der Waals surface area (Å²) >= 11 is 0. The van der Waals surface area contributed by atoms with E-state index in [1.165, 1.54) is 0 Å². The second-order valence-electron chi connectivity index (χ2n) is 11.1. The van der Waals surface area contributed by atoms with Crippen LogP contribution in [0.2, 0.25) is 0 Å². The zero-order chi connectivity index (χ0) is 26.6. The van der Waals surface area contributed by atoms with E-state index in [4.69, 9.17) is 0 Å². The van der Waals surface area contributed by atoms with Crippen LogP contribution in [0.3, 0.4) is 0 Å². The van der Waals surface area contributed by atoms with Crippen molar-refractivity contribution in [1.29, 1.82) is 0 Å². The van der Waals surface area contributed by atoms with Crippen molar-refractivity contribution in [1.82, 2.24) is 15.1 Å². The Balaban J connectivity index is 1.41. The topological polar surface area (TPSA) is 73.0 Å². The Kier molecular flexibility index (Phi) is 8.32. The van der Waals surface area contributed by atoms with Gasteiger partial charge in [0.05, 0.1) is 5.41 Å². The number of rotatable bonds is 9. The molecule has 7 heteroatoms. The molecule has 2 aliphatic rings. The average Bonchev–Trinajstić information content (AvgIpc) is 3.10. The third-order valence-electron chi connectivity index (χ3n) is 7.72. The Morgan fingerprint density at radius 1 is 1.03 bits per heavy atom. The molecule has 3 amide bonds. The highest BCUT2D eigenvalue weighted by atomic mass is 16.2. The van der Waals surface area contributed by atoms with Crippen molar-refractivity contribution >= 4 is 23.4 Å². The number of fused-ring (bicyclic) bond motifs is 1. The maximum atomic E-state index is 13.6. The highest BCUT2D eigenvalue weighted by Gasteiger charge is 2.46. The van der Waals surface area contributed by atoms with Crippen LogP contribution < -0.4 is 10.2 Å². The van der Waals surface area contributed by atoms with Crippen molar-refractivity contribution in [3.63, 3.8) is 0 Å². The van der Waals surface area contributed by atoms with Crippen molar-refractivity contribution in [2.24, 2.45) is 0 Å². The molecule has 37 heavy (non-hydrogen) atoms. The lowest BCUT2D eigenvalue weighted by atomic mass is 9.86. The fourth-order valence-electron chi connectivity index (χ4n) is 5.47. The van der Waals surface area contributed by atoms with Crippen LogP contribution in [0, 0.1) is 0 Å². The summed E-state index contributed by atoms with van der Waals surface area (Å²) in [5, 5.41) is 3.02. The third-order valence-corrected chi connectivity index (χ3v) is 7.72. The van der Waals surface area contributed by atoms with E-state index < -0.39 is 11.5 Å². The van der Waals surface area contributed by atoms with Crippen LogP contribution in [0.15, 0.2) is 54.6 Å². The number of hydrogen-bond acceptors (Lipinski definition) is 4. The lowest BCUT2D eigenvalue weighted by Crippen LogP contribution is -2.54. The Morgan fingerprint density at radius 2 is 1.68 bits per heavy atom. The number of likely N-dealkylation sites (tertiary alicyclic amines) is 1. The predicted molar refractivity (Wildman–Crippen MR) is 146 cm³/mol. The number of para-hydroxylation sites is 1. The molecule has 0 saturated carbocycles. The summed E-state index contributed by atoms with van der Waals surface area (Å²) in [5.41, 5.74) is 2.68. The molecule has 2 heterocycles. The molecule has 0 radical (unpaired) electrons. The summed E-state index contributed by atoms with van der Waals surface area (Å²) in [6, 6.07) is 17.6. The molecule has 2 aromatic carbocycles. The quantitative estimate of drug-likeness (QED) is 0.568. The van der Waals surface area contributed by atoms with Crippen molar-refractivity contribution < 1.29 is 14.4 Å². The first-order valence-corrected chi connectivity index (χ1v) is 13.4. The van der Waals surface area contributed by atoms with Crippen LogP contribution in [-0.2, 0) is 26.2 Å². The van der Waals surface area contributed by atoms with Crippen LogP contribution in [0.4, 0.5) is 5.69 Å². The summed E-state index contributed by atoms with van der Waals surface area (Å²) in [6.45, 7) is 5.77. The van der Waals surface area contributed by atoms with Crippen LogP contribution >= 0.6 is 0 Å². The first-order chi connectivity index (χ1) is 17.7. The normalized spacial score (nSPS) is 18.1.